The molecule has 0 aliphatic carbocycles. The van der Waals surface area contributed by atoms with Crippen LogP contribution in [0.2, 0.25) is 0 Å². The average Bonchev–Trinajstić information content (AvgIpc) is 2.70. The van der Waals surface area contributed by atoms with Gasteiger partial charge >= 0.3 is 6.01 Å². The fraction of sp³-hybridized carbons (Fsp3) is 0.333. The molecular weight excluding hydrogens is 356 g/mol. The molecule has 0 spiro atoms. The van der Waals surface area contributed by atoms with Gasteiger partial charge in [0.25, 0.3) is 0 Å². The predicted molar refractivity (Wildman–Crippen MR) is 109 cm³/mol. The van der Waals surface area contributed by atoms with E-state index < -0.39 is 6.10 Å². The Kier molecular flexibility index (Phi) is 4.92. The van der Waals surface area contributed by atoms with Crippen molar-refractivity contribution in [3.05, 3.63) is 47.7 Å². The summed E-state index contributed by atoms with van der Waals surface area (Å²) in [4.78, 5) is 10.9. The van der Waals surface area contributed by atoms with Gasteiger partial charge in [-0.25, -0.2) is 0 Å². The molecule has 4 rings (SSSR count). The third-order valence-electron chi connectivity index (χ3n) is 5.12. The third kappa shape index (κ3) is 3.53. The van der Waals surface area contributed by atoms with Crippen molar-refractivity contribution >= 4 is 22.3 Å². The zero-order valence-corrected chi connectivity index (χ0v) is 15.8. The van der Waals surface area contributed by atoms with E-state index in [1.807, 2.05) is 25.1 Å². The highest BCUT2D eigenvalue weighted by molar-refractivity contribution is 5.95. The van der Waals surface area contributed by atoms with Gasteiger partial charge in [-0.05, 0) is 24.3 Å². The van der Waals surface area contributed by atoms with E-state index in [1.54, 1.807) is 12.1 Å². The molecule has 0 fully saturated rings. The van der Waals surface area contributed by atoms with Gasteiger partial charge in [0.05, 0.1) is 18.3 Å². The van der Waals surface area contributed by atoms with Gasteiger partial charge in [0.15, 0.2) is 0 Å². The Morgan fingerprint density at radius 2 is 2.07 bits per heavy atom. The molecule has 1 aliphatic rings. The van der Waals surface area contributed by atoms with E-state index in [0.29, 0.717) is 25.2 Å². The number of fused-ring (bicyclic) bond motifs is 2. The molecule has 146 valence electrons. The summed E-state index contributed by atoms with van der Waals surface area (Å²) >= 11 is 0. The molecule has 3 aromatic rings. The molecule has 28 heavy (non-hydrogen) atoms. The highest BCUT2D eigenvalue weighted by Gasteiger charge is 2.23. The Morgan fingerprint density at radius 1 is 1.25 bits per heavy atom. The number of aromatic hydroxyl groups is 1. The fourth-order valence-corrected chi connectivity index (χ4v) is 3.53. The summed E-state index contributed by atoms with van der Waals surface area (Å²) in [5.41, 5.74) is 8.83. The van der Waals surface area contributed by atoms with Crippen molar-refractivity contribution in [2.24, 2.45) is 0 Å². The summed E-state index contributed by atoms with van der Waals surface area (Å²) in [5.74, 6) is 0.658. The highest BCUT2D eigenvalue weighted by atomic mass is 16.5. The number of nitrogens with two attached hydrogens (primary N) is 1. The van der Waals surface area contributed by atoms with Crippen LogP contribution < -0.4 is 15.4 Å². The van der Waals surface area contributed by atoms with Crippen molar-refractivity contribution in [1.82, 2.24) is 9.97 Å². The summed E-state index contributed by atoms with van der Waals surface area (Å²) in [5, 5.41) is 21.9. The monoisotopic (exact) mass is 380 g/mol. The number of phenols is 1. The number of rotatable bonds is 5. The molecule has 1 aliphatic heterocycles. The van der Waals surface area contributed by atoms with Crippen molar-refractivity contribution in [1.29, 1.82) is 0 Å². The van der Waals surface area contributed by atoms with Gasteiger partial charge in [0.1, 0.15) is 18.2 Å². The molecule has 0 saturated carbocycles. The van der Waals surface area contributed by atoms with E-state index in [2.05, 4.69) is 20.9 Å². The quantitative estimate of drug-likeness (QED) is 0.625. The van der Waals surface area contributed by atoms with E-state index in [9.17, 15) is 10.2 Å². The lowest BCUT2D eigenvalue weighted by atomic mass is 10.0. The number of nitrogens with zero attached hydrogens (tertiary/aromatic N) is 3. The molecule has 0 radical (unpaired) electrons. The second-order valence-corrected chi connectivity index (χ2v) is 7.05. The lowest BCUT2D eigenvalue weighted by molar-refractivity contribution is 0.0988. The minimum Gasteiger partial charge on any atom is -0.508 e. The molecule has 7 heteroatoms. The van der Waals surface area contributed by atoms with Gasteiger partial charge in [-0.3, -0.25) is 0 Å². The number of anilines is 2. The normalized spacial score (nSPS) is 14.7. The second-order valence-electron chi connectivity index (χ2n) is 7.05. The first-order chi connectivity index (χ1) is 13.5. The predicted octanol–water partition coefficient (Wildman–Crippen LogP) is 2.63. The van der Waals surface area contributed by atoms with Crippen LogP contribution in [0.3, 0.4) is 0 Å². The van der Waals surface area contributed by atoms with E-state index in [0.717, 1.165) is 34.3 Å². The number of aliphatic hydroxyl groups excluding tert-OH is 1. The largest absolute Gasteiger partial charge is 0.508 e. The number of hydrogen-bond acceptors (Lipinski definition) is 7. The number of phenolic OH excluding ortho intramolecular Hbond substituents is 1. The van der Waals surface area contributed by atoms with Crippen molar-refractivity contribution in [3.63, 3.8) is 0 Å². The van der Waals surface area contributed by atoms with Crippen LogP contribution in [-0.4, -0.2) is 39.4 Å². The summed E-state index contributed by atoms with van der Waals surface area (Å²) in [7, 11) is 0. The standard InChI is InChI=1S/C21H24N4O3/c1-2-14(26)12-28-21-23-18-11-25(8-7-17(18)20(22)24-21)19-10-15(27)9-13-5-3-4-6-16(13)19/h3-6,9-10,14,26-27H,2,7-8,11-12H2,1H3,(H2,22,23,24). The van der Waals surface area contributed by atoms with Crippen LogP contribution in [0.15, 0.2) is 36.4 Å². The molecule has 7 nitrogen and oxygen atoms in total. The van der Waals surface area contributed by atoms with E-state index in [4.69, 9.17) is 10.5 Å². The number of benzene rings is 2. The van der Waals surface area contributed by atoms with Crippen molar-refractivity contribution in [2.45, 2.75) is 32.4 Å². The van der Waals surface area contributed by atoms with Crippen molar-refractivity contribution in [3.8, 4) is 11.8 Å². The lowest BCUT2D eigenvalue weighted by Crippen LogP contribution is -2.32. The Labute approximate surface area is 163 Å². The first-order valence-electron chi connectivity index (χ1n) is 9.48. The van der Waals surface area contributed by atoms with Gasteiger partial charge in [-0.15, -0.1) is 0 Å². The highest BCUT2D eigenvalue weighted by Crippen LogP contribution is 2.35. The van der Waals surface area contributed by atoms with E-state index >= 15 is 0 Å². The first kappa shape index (κ1) is 18.3. The summed E-state index contributed by atoms with van der Waals surface area (Å²) in [6.07, 6.45) is 0.748. The summed E-state index contributed by atoms with van der Waals surface area (Å²) in [6, 6.07) is 11.7. The minimum absolute atomic E-state index is 0.135. The van der Waals surface area contributed by atoms with Crippen LogP contribution in [0.25, 0.3) is 10.8 Å². The van der Waals surface area contributed by atoms with Crippen LogP contribution in [0.5, 0.6) is 11.8 Å². The van der Waals surface area contributed by atoms with Crippen LogP contribution in [0.1, 0.15) is 24.6 Å². The van der Waals surface area contributed by atoms with Crippen LogP contribution >= 0.6 is 0 Å². The number of aromatic nitrogens is 2. The SMILES string of the molecule is CCC(O)COc1nc(N)c2c(n1)CN(c1cc(O)cc3ccccc13)CC2. The topological polar surface area (TPSA) is 105 Å². The number of ether oxygens (including phenoxy) is 1. The van der Waals surface area contributed by atoms with E-state index in [1.165, 1.54) is 0 Å². The summed E-state index contributed by atoms with van der Waals surface area (Å²) < 4.78 is 5.53. The first-order valence-corrected chi connectivity index (χ1v) is 9.48. The van der Waals surface area contributed by atoms with Gasteiger partial charge in [0, 0.05) is 29.2 Å². The van der Waals surface area contributed by atoms with Gasteiger partial charge < -0.3 is 25.6 Å². The molecule has 0 amide bonds. The molecule has 2 aromatic carbocycles. The fourth-order valence-electron chi connectivity index (χ4n) is 3.53. The number of nitrogen functional groups attached to an aromatic ring is 1. The van der Waals surface area contributed by atoms with E-state index in [-0.39, 0.29) is 18.4 Å². The average molecular weight is 380 g/mol. The number of hydrogen-bond donors (Lipinski definition) is 3. The maximum Gasteiger partial charge on any atom is 0.318 e. The van der Waals surface area contributed by atoms with Gasteiger partial charge in [-0.2, -0.15) is 9.97 Å². The smallest absolute Gasteiger partial charge is 0.318 e. The molecule has 0 bridgehead atoms. The Bertz CT molecular complexity index is 1010. The van der Waals surface area contributed by atoms with Gasteiger partial charge in [0.2, 0.25) is 0 Å². The van der Waals surface area contributed by atoms with Crippen LogP contribution in [0.4, 0.5) is 11.5 Å². The number of aliphatic hydroxyl groups is 1. The third-order valence-corrected chi connectivity index (χ3v) is 5.12. The Hall–Kier alpha value is -3.06. The van der Waals surface area contributed by atoms with Crippen LogP contribution in [0, 0.1) is 0 Å². The Balaban J connectivity index is 1.65. The summed E-state index contributed by atoms with van der Waals surface area (Å²) in [6.45, 7) is 3.31. The van der Waals surface area contributed by atoms with Crippen molar-refractivity contribution < 1.29 is 14.9 Å². The zero-order chi connectivity index (χ0) is 19.7. The zero-order valence-electron chi connectivity index (χ0n) is 15.8. The molecule has 0 saturated heterocycles. The van der Waals surface area contributed by atoms with Crippen LogP contribution in [-0.2, 0) is 13.0 Å². The molecular formula is C21H24N4O3. The second kappa shape index (κ2) is 7.52. The molecule has 1 unspecified atom stereocenters. The Morgan fingerprint density at radius 3 is 2.89 bits per heavy atom. The van der Waals surface area contributed by atoms with Crippen molar-refractivity contribution in [2.75, 3.05) is 23.8 Å². The van der Waals surface area contributed by atoms with Gasteiger partial charge in [-0.1, -0.05) is 31.2 Å². The molecule has 2 heterocycles. The maximum absolute atomic E-state index is 10.2. The lowest BCUT2D eigenvalue weighted by Gasteiger charge is -2.31. The maximum atomic E-state index is 10.2. The molecule has 1 aromatic heterocycles. The minimum atomic E-state index is -0.559. The molecule has 4 N–H and O–H groups in total. The molecule has 1 atom stereocenters.